The smallest absolute Gasteiger partial charge is 0.252 e. The SMILES string of the molecule is Cc1csc(CNc2ccc(C(=O)NCCO)c(Cl)c2)n1. The third-order valence-corrected chi connectivity index (χ3v) is 4.00. The Hall–Kier alpha value is -1.63. The second kappa shape index (κ2) is 7.40. The summed E-state index contributed by atoms with van der Waals surface area (Å²) in [4.78, 5) is 16.1. The van der Waals surface area contributed by atoms with E-state index in [0.717, 1.165) is 16.4 Å². The molecule has 0 aliphatic rings. The first-order valence-electron chi connectivity index (χ1n) is 6.43. The molecule has 1 aromatic carbocycles. The summed E-state index contributed by atoms with van der Waals surface area (Å²) in [6, 6.07) is 5.15. The Morgan fingerprint density at radius 3 is 2.90 bits per heavy atom. The monoisotopic (exact) mass is 325 g/mol. The number of hydrogen-bond donors (Lipinski definition) is 3. The minimum Gasteiger partial charge on any atom is -0.395 e. The van der Waals surface area contributed by atoms with Crippen LogP contribution in [0, 0.1) is 6.92 Å². The van der Waals surface area contributed by atoms with Crippen molar-refractivity contribution in [2.75, 3.05) is 18.5 Å². The summed E-state index contributed by atoms with van der Waals surface area (Å²) in [7, 11) is 0. The van der Waals surface area contributed by atoms with Crippen molar-refractivity contribution in [2.45, 2.75) is 13.5 Å². The molecule has 112 valence electrons. The standard InChI is InChI=1S/C14H16ClN3O2S/c1-9-8-21-13(18-9)7-17-10-2-3-11(12(15)6-10)14(20)16-4-5-19/h2-3,6,8,17,19H,4-5,7H2,1H3,(H,16,20). The highest BCUT2D eigenvalue weighted by Gasteiger charge is 2.10. The lowest BCUT2D eigenvalue weighted by molar-refractivity contribution is 0.0945. The predicted molar refractivity (Wildman–Crippen MR) is 85.0 cm³/mol. The Morgan fingerprint density at radius 1 is 1.48 bits per heavy atom. The lowest BCUT2D eigenvalue weighted by Crippen LogP contribution is -2.26. The zero-order valence-corrected chi connectivity index (χ0v) is 13.1. The predicted octanol–water partition coefficient (Wildman–Crippen LogP) is 2.44. The van der Waals surface area contributed by atoms with Gasteiger partial charge in [-0.05, 0) is 25.1 Å². The number of nitrogens with zero attached hydrogens (tertiary/aromatic N) is 1. The van der Waals surface area contributed by atoms with Crippen LogP contribution in [0.1, 0.15) is 21.1 Å². The molecule has 3 N–H and O–H groups in total. The number of rotatable bonds is 6. The molecule has 7 heteroatoms. The van der Waals surface area contributed by atoms with Gasteiger partial charge in [-0.25, -0.2) is 4.98 Å². The fraction of sp³-hybridized carbons (Fsp3) is 0.286. The number of aliphatic hydroxyl groups is 1. The number of carbonyl (C=O) groups is 1. The molecule has 0 radical (unpaired) electrons. The molecule has 21 heavy (non-hydrogen) atoms. The summed E-state index contributed by atoms with van der Waals surface area (Å²) in [6.07, 6.45) is 0. The maximum Gasteiger partial charge on any atom is 0.252 e. The second-order valence-electron chi connectivity index (χ2n) is 4.41. The summed E-state index contributed by atoms with van der Waals surface area (Å²) < 4.78 is 0. The average Bonchev–Trinajstić information content (AvgIpc) is 2.88. The van der Waals surface area contributed by atoms with E-state index in [0.29, 0.717) is 17.1 Å². The fourth-order valence-electron chi connectivity index (χ4n) is 1.74. The number of aryl methyl sites for hydroxylation is 1. The molecular weight excluding hydrogens is 310 g/mol. The van der Waals surface area contributed by atoms with Gasteiger partial charge in [0.05, 0.1) is 23.7 Å². The zero-order valence-electron chi connectivity index (χ0n) is 11.5. The Kier molecular flexibility index (Phi) is 5.55. The maximum absolute atomic E-state index is 11.8. The highest BCUT2D eigenvalue weighted by molar-refractivity contribution is 7.09. The molecule has 2 rings (SSSR count). The lowest BCUT2D eigenvalue weighted by atomic mass is 10.2. The highest BCUT2D eigenvalue weighted by atomic mass is 35.5. The largest absolute Gasteiger partial charge is 0.395 e. The Morgan fingerprint density at radius 2 is 2.29 bits per heavy atom. The van der Waals surface area contributed by atoms with Crippen LogP contribution in [-0.2, 0) is 6.54 Å². The second-order valence-corrected chi connectivity index (χ2v) is 5.76. The molecule has 1 heterocycles. The first kappa shape index (κ1) is 15.8. The first-order valence-corrected chi connectivity index (χ1v) is 7.69. The van der Waals surface area contributed by atoms with Crippen molar-refractivity contribution in [2.24, 2.45) is 0 Å². The van der Waals surface area contributed by atoms with Gasteiger partial charge >= 0.3 is 0 Å². The number of amides is 1. The molecule has 0 bridgehead atoms. The number of aromatic nitrogens is 1. The average molecular weight is 326 g/mol. The van der Waals surface area contributed by atoms with Crippen molar-refractivity contribution in [1.29, 1.82) is 0 Å². The molecule has 0 saturated carbocycles. The van der Waals surface area contributed by atoms with Gasteiger partial charge in [0.2, 0.25) is 0 Å². The molecule has 2 aromatic rings. The van der Waals surface area contributed by atoms with Gasteiger partial charge in [0.1, 0.15) is 5.01 Å². The van der Waals surface area contributed by atoms with Crippen LogP contribution in [-0.4, -0.2) is 29.1 Å². The Balaban J connectivity index is 1.99. The van der Waals surface area contributed by atoms with E-state index in [1.54, 1.807) is 29.5 Å². The normalized spacial score (nSPS) is 10.4. The minimum atomic E-state index is -0.295. The Labute approximate surface area is 132 Å². The molecule has 0 aliphatic carbocycles. The van der Waals surface area contributed by atoms with Crippen LogP contribution < -0.4 is 10.6 Å². The lowest BCUT2D eigenvalue weighted by Gasteiger charge is -2.09. The number of hydrogen-bond acceptors (Lipinski definition) is 5. The van der Waals surface area contributed by atoms with Gasteiger partial charge in [-0.2, -0.15) is 0 Å². The number of benzene rings is 1. The summed E-state index contributed by atoms with van der Waals surface area (Å²) in [6.45, 7) is 2.68. The van der Waals surface area contributed by atoms with Crippen molar-refractivity contribution in [1.82, 2.24) is 10.3 Å². The van der Waals surface area contributed by atoms with E-state index in [9.17, 15) is 4.79 Å². The van der Waals surface area contributed by atoms with Crippen LogP contribution in [0.4, 0.5) is 5.69 Å². The van der Waals surface area contributed by atoms with E-state index in [1.807, 2.05) is 12.3 Å². The van der Waals surface area contributed by atoms with Gasteiger partial charge < -0.3 is 15.7 Å². The third kappa shape index (κ3) is 4.42. The molecule has 0 atom stereocenters. The van der Waals surface area contributed by atoms with E-state index >= 15 is 0 Å². The maximum atomic E-state index is 11.8. The van der Waals surface area contributed by atoms with Crippen molar-refractivity contribution in [3.63, 3.8) is 0 Å². The van der Waals surface area contributed by atoms with Gasteiger partial charge in [-0.3, -0.25) is 4.79 Å². The molecule has 0 fully saturated rings. The molecule has 1 amide bonds. The number of halogens is 1. The van der Waals surface area contributed by atoms with Crippen molar-refractivity contribution >= 4 is 34.5 Å². The van der Waals surface area contributed by atoms with E-state index in [1.165, 1.54) is 0 Å². The van der Waals surface area contributed by atoms with Crippen LogP contribution in [0.25, 0.3) is 0 Å². The van der Waals surface area contributed by atoms with E-state index in [4.69, 9.17) is 16.7 Å². The summed E-state index contributed by atoms with van der Waals surface area (Å²) >= 11 is 7.71. The number of anilines is 1. The van der Waals surface area contributed by atoms with Crippen molar-refractivity contribution < 1.29 is 9.90 Å². The van der Waals surface area contributed by atoms with Crippen molar-refractivity contribution in [3.05, 3.63) is 44.9 Å². The van der Waals surface area contributed by atoms with Crippen LogP contribution >= 0.6 is 22.9 Å². The van der Waals surface area contributed by atoms with E-state index < -0.39 is 0 Å². The topological polar surface area (TPSA) is 74.2 Å². The minimum absolute atomic E-state index is 0.101. The number of carbonyl (C=O) groups excluding carboxylic acids is 1. The fourth-order valence-corrected chi connectivity index (χ4v) is 2.71. The summed E-state index contributed by atoms with van der Waals surface area (Å²) in [5, 5.41) is 17.8. The van der Waals surface area contributed by atoms with Gasteiger partial charge in [-0.1, -0.05) is 11.6 Å². The van der Waals surface area contributed by atoms with Crippen LogP contribution in [0.2, 0.25) is 5.02 Å². The van der Waals surface area contributed by atoms with E-state index in [2.05, 4.69) is 15.6 Å². The van der Waals surface area contributed by atoms with Crippen molar-refractivity contribution in [3.8, 4) is 0 Å². The molecule has 0 saturated heterocycles. The first-order chi connectivity index (χ1) is 10.1. The van der Waals surface area contributed by atoms with Crippen LogP contribution in [0.3, 0.4) is 0 Å². The number of nitrogens with one attached hydrogen (secondary N) is 2. The molecule has 1 aromatic heterocycles. The number of aliphatic hydroxyl groups excluding tert-OH is 1. The van der Waals surface area contributed by atoms with Gasteiger partial charge in [0, 0.05) is 23.3 Å². The third-order valence-electron chi connectivity index (χ3n) is 2.72. The highest BCUT2D eigenvalue weighted by Crippen LogP contribution is 2.22. The molecule has 0 aliphatic heterocycles. The van der Waals surface area contributed by atoms with Gasteiger partial charge in [0.25, 0.3) is 5.91 Å². The quantitative estimate of drug-likeness (QED) is 0.762. The number of thiazole rings is 1. The molecule has 0 spiro atoms. The summed E-state index contributed by atoms with van der Waals surface area (Å²) in [5.74, 6) is -0.295. The molecular formula is C14H16ClN3O2S. The van der Waals surface area contributed by atoms with Gasteiger partial charge in [0.15, 0.2) is 0 Å². The van der Waals surface area contributed by atoms with Crippen LogP contribution in [0.15, 0.2) is 23.6 Å². The van der Waals surface area contributed by atoms with Crippen LogP contribution in [0.5, 0.6) is 0 Å². The molecule has 5 nitrogen and oxygen atoms in total. The van der Waals surface area contributed by atoms with E-state index in [-0.39, 0.29) is 19.1 Å². The van der Waals surface area contributed by atoms with Gasteiger partial charge in [-0.15, -0.1) is 11.3 Å². The Bertz CT molecular complexity index is 630. The molecule has 0 unspecified atom stereocenters. The zero-order chi connectivity index (χ0) is 15.2. The summed E-state index contributed by atoms with van der Waals surface area (Å²) in [5.41, 5.74) is 2.22.